The largest absolute Gasteiger partial charge is 0.464 e. The first-order chi connectivity index (χ1) is 16.4. The van der Waals surface area contributed by atoms with Crippen LogP contribution in [-0.2, 0) is 6.11 Å². The minimum atomic E-state index is -3.65. The molecule has 0 saturated carbocycles. The average Bonchev–Trinajstić information content (AvgIpc) is 3.26. The molecule has 0 atom stereocenters. The summed E-state index contributed by atoms with van der Waals surface area (Å²) in [5.74, 6) is -1.15. The molecule has 1 saturated heterocycles. The van der Waals surface area contributed by atoms with Crippen molar-refractivity contribution in [3.63, 3.8) is 0 Å². The maximum atomic E-state index is 14.6. The number of halogens is 3. The lowest BCUT2D eigenvalue weighted by atomic mass is 9.77. The van der Waals surface area contributed by atoms with Crippen molar-refractivity contribution in [2.75, 3.05) is 17.7 Å². The Morgan fingerprint density at radius 1 is 1.11 bits per heavy atom. The first-order valence-electron chi connectivity index (χ1n) is 11.2. The van der Waals surface area contributed by atoms with E-state index in [1.165, 1.54) is 18.2 Å². The summed E-state index contributed by atoms with van der Waals surface area (Å²) in [6.45, 7) is 8.66. The van der Waals surface area contributed by atoms with E-state index in [1.54, 1.807) is 0 Å². The van der Waals surface area contributed by atoms with Crippen molar-refractivity contribution in [2.24, 2.45) is 0 Å². The molecule has 10 nitrogen and oxygen atoms in total. The molecule has 35 heavy (non-hydrogen) atoms. The highest BCUT2D eigenvalue weighted by atomic mass is 19.3. The molecule has 13 heteroatoms. The highest BCUT2D eigenvalue weighted by Crippen LogP contribution is 2.41. The van der Waals surface area contributed by atoms with Gasteiger partial charge in [0, 0.05) is 22.8 Å². The van der Waals surface area contributed by atoms with Crippen molar-refractivity contribution in [3.05, 3.63) is 36.0 Å². The van der Waals surface area contributed by atoms with Crippen molar-refractivity contribution >= 4 is 17.5 Å². The Hall–Kier alpha value is -3.48. The number of alkyl halides is 2. The van der Waals surface area contributed by atoms with E-state index < -0.39 is 17.8 Å². The third-order valence-electron chi connectivity index (χ3n) is 6.80. The number of rotatable bonds is 4. The van der Waals surface area contributed by atoms with E-state index in [1.807, 2.05) is 0 Å². The van der Waals surface area contributed by atoms with Crippen molar-refractivity contribution < 1.29 is 17.9 Å². The molecule has 3 aromatic rings. The number of likely N-dealkylation sites (tertiary alicyclic amines) is 1. The van der Waals surface area contributed by atoms with Crippen LogP contribution in [0.3, 0.4) is 0 Å². The van der Waals surface area contributed by atoms with Gasteiger partial charge in [-0.25, -0.2) is 9.37 Å². The summed E-state index contributed by atoms with van der Waals surface area (Å²) in [6, 6.07) is 4.41. The molecule has 2 aromatic heterocycles. The molecule has 186 valence electrons. The normalized spacial score (nSPS) is 20.5. The third-order valence-corrected chi connectivity index (χ3v) is 6.80. The number of fused-ring (bicyclic) bond motifs is 3. The van der Waals surface area contributed by atoms with Gasteiger partial charge in [0.15, 0.2) is 17.4 Å². The van der Waals surface area contributed by atoms with Gasteiger partial charge in [-0.15, -0.1) is 5.10 Å². The Morgan fingerprint density at radius 3 is 2.54 bits per heavy atom. The number of nitrogens with zero attached hydrogens (tertiary/aromatic N) is 7. The van der Waals surface area contributed by atoms with Crippen LogP contribution in [-0.4, -0.2) is 59.2 Å². The number of tetrazole rings is 1. The van der Waals surface area contributed by atoms with Crippen LogP contribution in [0.4, 0.5) is 30.6 Å². The molecule has 2 N–H and O–H groups in total. The van der Waals surface area contributed by atoms with Gasteiger partial charge in [0.25, 0.3) is 5.82 Å². The van der Waals surface area contributed by atoms with Gasteiger partial charge in [0.2, 0.25) is 5.95 Å². The SMILES string of the molecule is CN1C(C)(C)CC(Nc2nc(Nc3ccc4c(c3)-n3nnnc3C(F)(F)O4)ncc2F)CC1(C)C. The molecule has 1 aromatic carbocycles. The van der Waals surface area contributed by atoms with E-state index in [0.29, 0.717) is 5.69 Å². The van der Waals surface area contributed by atoms with Crippen LogP contribution >= 0.6 is 0 Å². The van der Waals surface area contributed by atoms with Crippen molar-refractivity contribution in [1.82, 2.24) is 35.1 Å². The fraction of sp³-hybridized carbons (Fsp3) is 0.500. The summed E-state index contributed by atoms with van der Waals surface area (Å²) in [7, 11) is 2.10. The third kappa shape index (κ3) is 4.13. The topological polar surface area (TPSA) is 106 Å². The Labute approximate surface area is 199 Å². The summed E-state index contributed by atoms with van der Waals surface area (Å²) in [4.78, 5) is 10.7. The molecule has 0 aliphatic carbocycles. The van der Waals surface area contributed by atoms with Gasteiger partial charge >= 0.3 is 6.11 Å². The van der Waals surface area contributed by atoms with Crippen LogP contribution in [0.1, 0.15) is 46.4 Å². The number of aromatic nitrogens is 6. The second-order valence-electron chi connectivity index (χ2n) is 10.2. The zero-order valence-electron chi connectivity index (χ0n) is 20.0. The Balaban J connectivity index is 1.38. The Kier molecular flexibility index (Phi) is 5.16. The molecule has 4 heterocycles. The van der Waals surface area contributed by atoms with E-state index in [2.05, 4.69) is 75.8 Å². The maximum Gasteiger partial charge on any atom is 0.464 e. The summed E-state index contributed by atoms with van der Waals surface area (Å²) in [6.07, 6.45) is -0.945. The zero-order valence-corrected chi connectivity index (χ0v) is 20.0. The fourth-order valence-corrected chi connectivity index (χ4v) is 4.89. The molecular formula is C22H26F3N9O. The molecule has 0 unspecified atom stereocenters. The van der Waals surface area contributed by atoms with E-state index >= 15 is 0 Å². The highest BCUT2D eigenvalue weighted by molar-refractivity contribution is 5.63. The monoisotopic (exact) mass is 489 g/mol. The lowest BCUT2D eigenvalue weighted by molar-refractivity contribution is -0.197. The average molecular weight is 490 g/mol. The Bertz CT molecular complexity index is 1260. The summed E-state index contributed by atoms with van der Waals surface area (Å²) in [5.41, 5.74) is 0.512. The molecule has 0 radical (unpaired) electrons. The lowest BCUT2D eigenvalue weighted by Gasteiger charge is -2.53. The van der Waals surface area contributed by atoms with Gasteiger partial charge in [-0.05, 0) is 76.2 Å². The van der Waals surface area contributed by atoms with E-state index in [4.69, 9.17) is 4.74 Å². The van der Waals surface area contributed by atoms with Crippen molar-refractivity contribution in [1.29, 1.82) is 0 Å². The lowest BCUT2D eigenvalue weighted by Crippen LogP contribution is -2.61. The Morgan fingerprint density at radius 2 is 1.83 bits per heavy atom. The number of ether oxygens (including phenoxy) is 1. The minimum Gasteiger partial charge on any atom is -0.424 e. The molecule has 0 spiro atoms. The molecule has 0 amide bonds. The van der Waals surface area contributed by atoms with Gasteiger partial charge in [-0.3, -0.25) is 4.90 Å². The second-order valence-corrected chi connectivity index (χ2v) is 10.2. The molecule has 2 aliphatic rings. The van der Waals surface area contributed by atoms with Crippen LogP contribution in [0.2, 0.25) is 0 Å². The standard InChI is InChI=1S/C22H26F3N9O/c1-20(2)9-13(10-21(3,4)33(20)5)27-17-14(23)11-26-19(29-17)28-12-6-7-16-15(8-12)34-18(30-31-32-34)22(24,25)35-16/h6-8,11,13H,9-10H2,1-5H3,(H2,26,27,28,29). The van der Waals surface area contributed by atoms with E-state index in [0.717, 1.165) is 23.7 Å². The number of hydrogen-bond donors (Lipinski definition) is 2. The quantitative estimate of drug-likeness (QED) is 0.565. The maximum absolute atomic E-state index is 14.6. The van der Waals surface area contributed by atoms with Crippen LogP contribution < -0.4 is 15.4 Å². The van der Waals surface area contributed by atoms with Crippen LogP contribution in [0, 0.1) is 5.82 Å². The zero-order chi connectivity index (χ0) is 25.2. The molecule has 5 rings (SSSR count). The first kappa shape index (κ1) is 23.3. The smallest absolute Gasteiger partial charge is 0.424 e. The van der Waals surface area contributed by atoms with Gasteiger partial charge < -0.3 is 15.4 Å². The number of piperidine rings is 1. The first-order valence-corrected chi connectivity index (χ1v) is 11.2. The van der Waals surface area contributed by atoms with E-state index in [-0.39, 0.29) is 40.3 Å². The number of nitrogens with one attached hydrogen (secondary N) is 2. The molecular weight excluding hydrogens is 463 g/mol. The molecule has 1 fully saturated rings. The highest BCUT2D eigenvalue weighted by Gasteiger charge is 2.46. The predicted octanol–water partition coefficient (Wildman–Crippen LogP) is 3.84. The minimum absolute atomic E-state index is 0.00856. The summed E-state index contributed by atoms with van der Waals surface area (Å²) >= 11 is 0. The molecule has 2 aliphatic heterocycles. The number of benzene rings is 1. The van der Waals surface area contributed by atoms with E-state index in [9.17, 15) is 13.2 Å². The second kappa shape index (κ2) is 7.77. The van der Waals surface area contributed by atoms with Gasteiger partial charge in [-0.2, -0.15) is 18.4 Å². The van der Waals surface area contributed by atoms with Gasteiger partial charge in [0.05, 0.1) is 6.20 Å². The van der Waals surface area contributed by atoms with Crippen molar-refractivity contribution in [2.45, 2.75) is 63.8 Å². The fourth-order valence-electron chi connectivity index (χ4n) is 4.89. The predicted molar refractivity (Wildman–Crippen MR) is 122 cm³/mol. The summed E-state index contributed by atoms with van der Waals surface area (Å²) in [5, 5.41) is 16.5. The van der Waals surface area contributed by atoms with Crippen molar-refractivity contribution in [3.8, 4) is 11.4 Å². The van der Waals surface area contributed by atoms with Gasteiger partial charge in [-0.1, -0.05) is 0 Å². The number of hydrogen-bond acceptors (Lipinski definition) is 9. The number of anilines is 3. The van der Waals surface area contributed by atoms with Crippen LogP contribution in [0.15, 0.2) is 24.4 Å². The van der Waals surface area contributed by atoms with Crippen LogP contribution in [0.25, 0.3) is 5.69 Å². The van der Waals surface area contributed by atoms with Gasteiger partial charge in [0.1, 0.15) is 5.69 Å². The van der Waals surface area contributed by atoms with Crippen LogP contribution in [0.5, 0.6) is 5.75 Å². The summed E-state index contributed by atoms with van der Waals surface area (Å²) < 4.78 is 48.4. The molecule has 0 bridgehead atoms.